The second kappa shape index (κ2) is 4.59. The molecule has 1 atom stereocenters. The van der Waals surface area contributed by atoms with Crippen LogP contribution in [0.2, 0.25) is 0 Å². The third-order valence-electron chi connectivity index (χ3n) is 2.90. The molecule has 1 aliphatic rings. The van der Waals surface area contributed by atoms with Crippen molar-refractivity contribution in [1.82, 2.24) is 14.9 Å². The van der Waals surface area contributed by atoms with Gasteiger partial charge in [-0.3, -0.25) is 4.79 Å². The van der Waals surface area contributed by atoms with Gasteiger partial charge < -0.3 is 15.0 Å². The summed E-state index contributed by atoms with van der Waals surface area (Å²) in [5, 5.41) is 9.01. The van der Waals surface area contributed by atoms with Crippen LogP contribution in [0.1, 0.15) is 29.0 Å². The van der Waals surface area contributed by atoms with Crippen molar-refractivity contribution in [2.75, 3.05) is 6.54 Å². The molecule has 1 aromatic rings. The summed E-state index contributed by atoms with van der Waals surface area (Å²) in [6.07, 6.45) is 1.08. The molecule has 0 aromatic carbocycles. The maximum Gasteiger partial charge on any atom is 0.345 e. The number of aliphatic carboxylic acids is 1. The number of likely N-dealkylation sites (tertiary alicyclic amines) is 1. The Morgan fingerprint density at radius 1 is 1.56 bits per heavy atom. The van der Waals surface area contributed by atoms with Crippen molar-refractivity contribution < 1.29 is 14.7 Å². The van der Waals surface area contributed by atoms with Crippen molar-refractivity contribution in [3.8, 4) is 0 Å². The molecule has 1 aliphatic heterocycles. The molecule has 0 bridgehead atoms. The molecule has 2 rings (SSSR count). The molecule has 96 valence electrons. The Balaban J connectivity index is 2.30. The number of aromatic amines is 1. The normalized spacial score (nSPS) is 18.9. The highest BCUT2D eigenvalue weighted by molar-refractivity contribution is 5.95. The lowest BCUT2D eigenvalue weighted by Crippen LogP contribution is -2.41. The minimum Gasteiger partial charge on any atom is -0.480 e. The zero-order chi connectivity index (χ0) is 13.3. The summed E-state index contributed by atoms with van der Waals surface area (Å²) in [5.74, 6) is -1.53. The van der Waals surface area contributed by atoms with Gasteiger partial charge in [0.1, 0.15) is 11.7 Å². The first-order valence-corrected chi connectivity index (χ1v) is 5.61. The predicted octanol–water partition coefficient (Wildman–Crippen LogP) is -0.232. The summed E-state index contributed by atoms with van der Waals surface area (Å²) in [5.41, 5.74) is -0.0988. The molecule has 0 radical (unpaired) electrons. The van der Waals surface area contributed by atoms with E-state index in [9.17, 15) is 14.4 Å². The Labute approximate surface area is 102 Å². The van der Waals surface area contributed by atoms with Gasteiger partial charge in [0, 0.05) is 12.2 Å². The third-order valence-corrected chi connectivity index (χ3v) is 2.90. The molecule has 7 heteroatoms. The lowest BCUT2D eigenvalue weighted by Gasteiger charge is -2.20. The average Bonchev–Trinajstić information content (AvgIpc) is 2.75. The summed E-state index contributed by atoms with van der Waals surface area (Å²) < 4.78 is 0. The number of rotatable bonds is 2. The number of nitrogens with one attached hydrogen (secondary N) is 1. The number of hydrogen-bond acceptors (Lipinski definition) is 4. The summed E-state index contributed by atoms with van der Waals surface area (Å²) >= 11 is 0. The van der Waals surface area contributed by atoms with E-state index in [1.807, 2.05) is 0 Å². The van der Waals surface area contributed by atoms with E-state index in [0.717, 1.165) is 0 Å². The fourth-order valence-corrected chi connectivity index (χ4v) is 2.10. The highest BCUT2D eigenvalue weighted by atomic mass is 16.4. The van der Waals surface area contributed by atoms with Crippen molar-refractivity contribution in [1.29, 1.82) is 0 Å². The topological polar surface area (TPSA) is 103 Å². The van der Waals surface area contributed by atoms with Crippen LogP contribution in [-0.2, 0) is 4.79 Å². The van der Waals surface area contributed by atoms with Crippen LogP contribution in [0.5, 0.6) is 0 Å². The Morgan fingerprint density at radius 3 is 2.89 bits per heavy atom. The summed E-state index contributed by atoms with van der Waals surface area (Å²) in [6.45, 7) is 2.02. The molecular formula is C11H13N3O4. The minimum atomic E-state index is -1.03. The van der Waals surface area contributed by atoms with E-state index < -0.39 is 23.6 Å². The number of carboxylic acids is 1. The fourth-order valence-electron chi connectivity index (χ4n) is 2.10. The number of carboxylic acid groups (broad SMARTS) is 1. The van der Waals surface area contributed by atoms with Crippen LogP contribution < -0.4 is 5.69 Å². The Kier molecular flexibility index (Phi) is 3.14. The van der Waals surface area contributed by atoms with E-state index >= 15 is 0 Å². The second-order valence-electron chi connectivity index (χ2n) is 4.25. The number of H-pyrrole nitrogens is 1. The maximum atomic E-state index is 12.1. The highest BCUT2D eigenvalue weighted by Gasteiger charge is 2.35. The molecule has 2 N–H and O–H groups in total. The zero-order valence-corrected chi connectivity index (χ0v) is 9.84. The van der Waals surface area contributed by atoms with Crippen LogP contribution in [0.3, 0.4) is 0 Å². The molecule has 0 aliphatic carbocycles. The van der Waals surface area contributed by atoms with E-state index in [1.54, 1.807) is 6.92 Å². The van der Waals surface area contributed by atoms with Crippen LogP contribution in [-0.4, -0.2) is 44.4 Å². The summed E-state index contributed by atoms with van der Waals surface area (Å²) in [7, 11) is 0. The van der Waals surface area contributed by atoms with Gasteiger partial charge in [-0.15, -0.1) is 0 Å². The maximum absolute atomic E-state index is 12.1. The van der Waals surface area contributed by atoms with Gasteiger partial charge in [0.2, 0.25) is 0 Å². The van der Waals surface area contributed by atoms with Gasteiger partial charge in [0.05, 0.1) is 0 Å². The van der Waals surface area contributed by atoms with Gasteiger partial charge in [0.25, 0.3) is 5.91 Å². The second-order valence-corrected chi connectivity index (χ2v) is 4.25. The Bertz CT molecular complexity index is 551. The van der Waals surface area contributed by atoms with Gasteiger partial charge in [0.15, 0.2) is 0 Å². The van der Waals surface area contributed by atoms with E-state index in [2.05, 4.69) is 9.97 Å². The van der Waals surface area contributed by atoms with Gasteiger partial charge >= 0.3 is 11.7 Å². The van der Waals surface area contributed by atoms with Crippen LogP contribution >= 0.6 is 0 Å². The standard InChI is InChI=1S/C11H13N3O4/c1-6-5-7(13-11(18)12-6)9(15)14-4-2-3-8(14)10(16)17/h5,8H,2-4H2,1H3,(H,16,17)(H,12,13,18). The number of nitrogens with zero attached hydrogens (tertiary/aromatic N) is 2. The molecule has 1 unspecified atom stereocenters. The third kappa shape index (κ3) is 2.24. The highest BCUT2D eigenvalue weighted by Crippen LogP contribution is 2.19. The molecule has 1 fully saturated rings. The largest absolute Gasteiger partial charge is 0.480 e. The van der Waals surface area contributed by atoms with Gasteiger partial charge in [-0.05, 0) is 25.8 Å². The lowest BCUT2D eigenvalue weighted by molar-refractivity contribution is -0.141. The van der Waals surface area contributed by atoms with E-state index in [0.29, 0.717) is 25.1 Å². The number of amides is 1. The monoisotopic (exact) mass is 251 g/mol. The number of carbonyl (C=O) groups is 2. The molecule has 2 heterocycles. The molecular weight excluding hydrogens is 238 g/mol. The predicted molar refractivity (Wildman–Crippen MR) is 61.3 cm³/mol. The number of carbonyl (C=O) groups excluding carboxylic acids is 1. The first-order valence-electron chi connectivity index (χ1n) is 5.61. The molecule has 7 nitrogen and oxygen atoms in total. The number of hydrogen-bond donors (Lipinski definition) is 2. The van der Waals surface area contributed by atoms with E-state index in [1.165, 1.54) is 11.0 Å². The zero-order valence-electron chi connectivity index (χ0n) is 9.84. The van der Waals surface area contributed by atoms with Gasteiger partial charge in [-0.25, -0.2) is 9.59 Å². The van der Waals surface area contributed by atoms with Gasteiger partial charge in [-0.1, -0.05) is 0 Å². The number of aromatic nitrogens is 2. The van der Waals surface area contributed by atoms with Crippen LogP contribution in [0, 0.1) is 6.92 Å². The fraction of sp³-hybridized carbons (Fsp3) is 0.455. The lowest BCUT2D eigenvalue weighted by atomic mass is 10.2. The van der Waals surface area contributed by atoms with Crippen molar-refractivity contribution in [2.45, 2.75) is 25.8 Å². The average molecular weight is 251 g/mol. The molecule has 1 saturated heterocycles. The molecule has 0 spiro atoms. The van der Waals surface area contributed by atoms with Crippen LogP contribution in [0.4, 0.5) is 0 Å². The van der Waals surface area contributed by atoms with E-state index in [4.69, 9.17) is 5.11 Å². The Morgan fingerprint density at radius 2 is 2.28 bits per heavy atom. The summed E-state index contributed by atoms with van der Waals surface area (Å²) in [4.78, 5) is 41.6. The van der Waals surface area contributed by atoms with Crippen LogP contribution in [0.25, 0.3) is 0 Å². The smallest absolute Gasteiger partial charge is 0.345 e. The van der Waals surface area contributed by atoms with Crippen molar-refractivity contribution >= 4 is 11.9 Å². The van der Waals surface area contributed by atoms with Crippen molar-refractivity contribution in [2.24, 2.45) is 0 Å². The first-order chi connectivity index (χ1) is 8.49. The number of aryl methyl sites for hydroxylation is 1. The summed E-state index contributed by atoms with van der Waals surface area (Å²) in [6, 6.07) is 0.625. The Hall–Kier alpha value is -2.18. The van der Waals surface area contributed by atoms with E-state index in [-0.39, 0.29) is 5.69 Å². The molecule has 0 saturated carbocycles. The first kappa shape index (κ1) is 12.3. The van der Waals surface area contributed by atoms with Crippen molar-refractivity contribution in [3.63, 3.8) is 0 Å². The molecule has 18 heavy (non-hydrogen) atoms. The van der Waals surface area contributed by atoms with Crippen LogP contribution in [0.15, 0.2) is 10.9 Å². The van der Waals surface area contributed by atoms with Crippen molar-refractivity contribution in [3.05, 3.63) is 27.9 Å². The quantitative estimate of drug-likeness (QED) is 0.755. The minimum absolute atomic E-state index is 0.00981. The SMILES string of the molecule is Cc1cc(C(=O)N2CCCC2C(=O)O)nc(=O)[nH]1. The van der Waals surface area contributed by atoms with Gasteiger partial charge in [-0.2, -0.15) is 4.98 Å². The molecule has 1 amide bonds. The molecule has 1 aromatic heterocycles.